The fourth-order valence-electron chi connectivity index (χ4n) is 3.56. The second-order valence-electron chi connectivity index (χ2n) is 5.74. The molecule has 3 nitrogen and oxygen atoms in total. The molecule has 3 atom stereocenters. The maximum atomic E-state index is 5.79. The molecule has 2 aliphatic heterocycles. The number of aromatic nitrogens is 2. The molecule has 90 valence electrons. The highest BCUT2D eigenvalue weighted by Gasteiger charge is 2.37. The van der Waals surface area contributed by atoms with E-state index in [-0.39, 0.29) is 0 Å². The van der Waals surface area contributed by atoms with Crippen LogP contribution in [0.25, 0.3) is 5.52 Å². The third-order valence-corrected chi connectivity index (χ3v) is 4.47. The first-order valence-electron chi connectivity index (χ1n) is 6.74. The molecule has 18 heavy (non-hydrogen) atoms. The monoisotopic (exact) mass is 237 g/mol. The van der Waals surface area contributed by atoms with E-state index in [1.165, 1.54) is 31.7 Å². The van der Waals surface area contributed by atoms with E-state index in [0.29, 0.717) is 0 Å². The standard InChI is InChI=1S/C14H16BN3/c15-12-6-14-2-1-13(16-18(14)9-12)5-11-8-17-4-3-10(11)7-17/h1-2,6,9-11H,3-5,7-8H2. The highest BCUT2D eigenvalue weighted by Crippen LogP contribution is 2.34. The molecule has 2 radical (unpaired) electrons. The minimum absolute atomic E-state index is 0.783. The van der Waals surface area contributed by atoms with Crippen molar-refractivity contribution in [2.75, 3.05) is 19.6 Å². The smallest absolute Gasteiger partial charge is 0.116 e. The zero-order chi connectivity index (χ0) is 12.1. The summed E-state index contributed by atoms with van der Waals surface area (Å²) in [5.74, 6) is 1.70. The van der Waals surface area contributed by atoms with E-state index in [9.17, 15) is 0 Å². The molecule has 0 spiro atoms. The summed E-state index contributed by atoms with van der Waals surface area (Å²) in [4.78, 5) is 2.58. The molecule has 0 aliphatic carbocycles. The van der Waals surface area contributed by atoms with Gasteiger partial charge in [0.1, 0.15) is 7.85 Å². The van der Waals surface area contributed by atoms with Gasteiger partial charge in [-0.3, -0.25) is 0 Å². The Morgan fingerprint density at radius 2 is 2.28 bits per heavy atom. The molecule has 2 aromatic rings. The van der Waals surface area contributed by atoms with Crippen LogP contribution in [-0.4, -0.2) is 42.0 Å². The first-order chi connectivity index (χ1) is 8.78. The lowest BCUT2D eigenvalue weighted by Crippen LogP contribution is -2.25. The topological polar surface area (TPSA) is 20.5 Å². The fourth-order valence-corrected chi connectivity index (χ4v) is 3.56. The Balaban J connectivity index is 1.59. The van der Waals surface area contributed by atoms with Crippen LogP contribution in [-0.2, 0) is 6.42 Å². The van der Waals surface area contributed by atoms with Crippen LogP contribution in [0.3, 0.4) is 0 Å². The molecule has 2 aliphatic rings. The van der Waals surface area contributed by atoms with Crippen LogP contribution in [0.4, 0.5) is 0 Å². The highest BCUT2D eigenvalue weighted by molar-refractivity contribution is 6.32. The summed E-state index contributed by atoms with van der Waals surface area (Å²) in [6, 6.07) is 6.22. The predicted molar refractivity (Wildman–Crippen MR) is 72.3 cm³/mol. The minimum Gasteiger partial charge on any atom is -0.303 e. The first kappa shape index (κ1) is 10.6. The molecule has 0 saturated carbocycles. The van der Waals surface area contributed by atoms with Crippen molar-refractivity contribution in [3.8, 4) is 0 Å². The van der Waals surface area contributed by atoms with Crippen LogP contribution in [0.2, 0.25) is 0 Å². The van der Waals surface area contributed by atoms with Gasteiger partial charge < -0.3 is 4.90 Å². The van der Waals surface area contributed by atoms with Crippen LogP contribution in [0.15, 0.2) is 24.4 Å². The van der Waals surface area contributed by atoms with Gasteiger partial charge in [-0.1, -0.05) is 5.46 Å². The Bertz CT molecular complexity index is 592. The van der Waals surface area contributed by atoms with Crippen LogP contribution in [0.5, 0.6) is 0 Å². The Morgan fingerprint density at radius 1 is 1.33 bits per heavy atom. The summed E-state index contributed by atoms with van der Waals surface area (Å²) in [7, 11) is 5.79. The van der Waals surface area contributed by atoms with Crippen molar-refractivity contribution in [2.45, 2.75) is 12.8 Å². The van der Waals surface area contributed by atoms with Gasteiger partial charge in [-0.05, 0) is 49.4 Å². The van der Waals surface area contributed by atoms with Crippen LogP contribution < -0.4 is 5.46 Å². The van der Waals surface area contributed by atoms with Crippen molar-refractivity contribution in [1.29, 1.82) is 0 Å². The summed E-state index contributed by atoms with van der Waals surface area (Å²) in [5.41, 5.74) is 3.05. The molecule has 4 rings (SSSR count). The Hall–Kier alpha value is -1.29. The second-order valence-corrected chi connectivity index (χ2v) is 5.74. The number of fused-ring (bicyclic) bond motifs is 3. The van der Waals surface area contributed by atoms with Crippen LogP contribution in [0, 0.1) is 11.8 Å². The summed E-state index contributed by atoms with van der Waals surface area (Å²) in [6.07, 6.45) is 4.38. The van der Waals surface area contributed by atoms with E-state index in [1.807, 2.05) is 16.8 Å². The summed E-state index contributed by atoms with van der Waals surface area (Å²) in [5, 5.41) is 4.66. The number of piperidine rings is 1. The van der Waals surface area contributed by atoms with Crippen LogP contribution in [0.1, 0.15) is 12.1 Å². The number of hydrogen-bond acceptors (Lipinski definition) is 2. The molecule has 3 unspecified atom stereocenters. The van der Waals surface area contributed by atoms with E-state index in [2.05, 4.69) is 22.1 Å². The molecule has 2 fully saturated rings. The molecule has 2 bridgehead atoms. The van der Waals surface area contributed by atoms with Gasteiger partial charge in [-0.25, -0.2) is 4.52 Å². The lowest BCUT2D eigenvalue weighted by Gasteiger charge is -2.21. The number of nitrogens with zero attached hydrogens (tertiary/aromatic N) is 3. The van der Waals surface area contributed by atoms with Gasteiger partial charge in [0.2, 0.25) is 0 Å². The number of rotatable bonds is 2. The number of hydrogen-bond donors (Lipinski definition) is 0. The third-order valence-electron chi connectivity index (χ3n) is 4.47. The quantitative estimate of drug-likeness (QED) is 0.714. The van der Waals surface area contributed by atoms with Crippen molar-refractivity contribution in [2.24, 2.45) is 11.8 Å². The van der Waals surface area contributed by atoms with Crippen molar-refractivity contribution in [1.82, 2.24) is 14.5 Å². The minimum atomic E-state index is 0.783. The molecular weight excluding hydrogens is 221 g/mol. The van der Waals surface area contributed by atoms with Crippen molar-refractivity contribution in [3.05, 3.63) is 30.1 Å². The first-order valence-corrected chi connectivity index (χ1v) is 6.74. The maximum Gasteiger partial charge on any atom is 0.116 e. The van der Waals surface area contributed by atoms with E-state index < -0.39 is 0 Å². The molecule has 2 saturated heterocycles. The highest BCUT2D eigenvalue weighted by atomic mass is 15.2. The van der Waals surface area contributed by atoms with Gasteiger partial charge in [-0.2, -0.15) is 5.10 Å². The van der Waals surface area contributed by atoms with E-state index in [1.54, 1.807) is 0 Å². The molecule has 2 aromatic heterocycles. The van der Waals surface area contributed by atoms with Gasteiger partial charge in [0.15, 0.2) is 0 Å². The normalized spacial score (nSPS) is 30.3. The van der Waals surface area contributed by atoms with E-state index in [4.69, 9.17) is 7.85 Å². The van der Waals surface area contributed by atoms with Gasteiger partial charge in [0, 0.05) is 19.3 Å². The average Bonchev–Trinajstić information content (AvgIpc) is 3.01. The summed E-state index contributed by atoms with van der Waals surface area (Å²) < 4.78 is 1.90. The molecule has 0 N–H and O–H groups in total. The molecule has 4 heterocycles. The summed E-state index contributed by atoms with van der Waals surface area (Å²) in [6.45, 7) is 3.88. The Labute approximate surface area is 108 Å². The zero-order valence-corrected chi connectivity index (χ0v) is 10.4. The molecule has 0 aromatic carbocycles. The van der Waals surface area contributed by atoms with E-state index >= 15 is 0 Å². The SMILES string of the molecule is [B]c1cc2ccc(CC3CN4CCC3C4)nn2c1. The second kappa shape index (κ2) is 3.85. The molecular formula is C14H16BN3. The van der Waals surface area contributed by atoms with Gasteiger partial charge in [0.25, 0.3) is 0 Å². The lowest BCUT2D eigenvalue weighted by molar-refractivity contribution is 0.298. The Kier molecular flexibility index (Phi) is 2.27. The van der Waals surface area contributed by atoms with E-state index in [0.717, 1.165) is 29.2 Å². The lowest BCUT2D eigenvalue weighted by atomic mass is 9.89. The fraction of sp³-hybridized carbons (Fsp3) is 0.500. The maximum absolute atomic E-state index is 5.79. The third kappa shape index (κ3) is 1.67. The molecule has 0 amide bonds. The predicted octanol–water partition coefficient (Wildman–Crippen LogP) is 0.622. The van der Waals surface area contributed by atoms with Gasteiger partial charge in [-0.15, -0.1) is 0 Å². The summed E-state index contributed by atoms with van der Waals surface area (Å²) >= 11 is 0. The van der Waals surface area contributed by atoms with Crippen molar-refractivity contribution >= 4 is 18.8 Å². The van der Waals surface area contributed by atoms with Crippen molar-refractivity contribution < 1.29 is 0 Å². The van der Waals surface area contributed by atoms with Crippen LogP contribution >= 0.6 is 0 Å². The average molecular weight is 237 g/mol. The van der Waals surface area contributed by atoms with Gasteiger partial charge in [0.05, 0.1) is 11.2 Å². The van der Waals surface area contributed by atoms with Gasteiger partial charge >= 0.3 is 0 Å². The Morgan fingerprint density at radius 3 is 3.06 bits per heavy atom. The zero-order valence-electron chi connectivity index (χ0n) is 10.4. The molecule has 4 heteroatoms. The van der Waals surface area contributed by atoms with Crippen molar-refractivity contribution in [3.63, 3.8) is 0 Å². The largest absolute Gasteiger partial charge is 0.303 e.